The van der Waals surface area contributed by atoms with Crippen molar-refractivity contribution in [2.45, 2.75) is 32.5 Å². The summed E-state index contributed by atoms with van der Waals surface area (Å²) in [7, 11) is 0. The van der Waals surface area contributed by atoms with Crippen LogP contribution in [0.2, 0.25) is 0 Å². The molecule has 27 heavy (non-hydrogen) atoms. The number of halogens is 3. The van der Waals surface area contributed by atoms with Gasteiger partial charge in [-0.25, -0.2) is 4.79 Å². The average molecular weight is 400 g/mol. The lowest BCUT2D eigenvalue weighted by atomic mass is 9.87. The zero-order valence-electron chi connectivity index (χ0n) is 15.1. The van der Waals surface area contributed by atoms with Crippen molar-refractivity contribution in [3.63, 3.8) is 0 Å². The van der Waals surface area contributed by atoms with Gasteiger partial charge in [0.25, 0.3) is 0 Å². The van der Waals surface area contributed by atoms with Crippen LogP contribution in [-0.4, -0.2) is 24.3 Å². The highest BCUT2D eigenvalue weighted by Crippen LogP contribution is 2.30. The van der Waals surface area contributed by atoms with Crippen LogP contribution in [0.5, 0.6) is 0 Å². The van der Waals surface area contributed by atoms with Gasteiger partial charge in [-0.1, -0.05) is 25.1 Å². The Morgan fingerprint density at radius 1 is 1.22 bits per heavy atom. The molecule has 0 saturated heterocycles. The Bertz CT molecular complexity index is 732. The number of nitrogens with one attached hydrogen (secondary N) is 2. The molecule has 8 heteroatoms. The summed E-state index contributed by atoms with van der Waals surface area (Å²) < 4.78 is 37.8. The minimum atomic E-state index is -4.39. The fourth-order valence-electron chi connectivity index (χ4n) is 2.59. The van der Waals surface area contributed by atoms with E-state index in [-0.39, 0.29) is 13.2 Å². The van der Waals surface area contributed by atoms with Crippen LogP contribution in [0.1, 0.15) is 35.9 Å². The van der Waals surface area contributed by atoms with E-state index in [0.29, 0.717) is 12.0 Å². The second-order valence-corrected chi connectivity index (χ2v) is 7.93. The van der Waals surface area contributed by atoms with Crippen LogP contribution < -0.4 is 10.6 Å². The number of rotatable bonds is 7. The van der Waals surface area contributed by atoms with Crippen LogP contribution in [0.3, 0.4) is 0 Å². The van der Waals surface area contributed by atoms with Crippen molar-refractivity contribution < 1.29 is 23.1 Å². The van der Waals surface area contributed by atoms with E-state index in [0.717, 1.165) is 17.0 Å². The number of hydrogen-bond acceptors (Lipinski definition) is 3. The van der Waals surface area contributed by atoms with Gasteiger partial charge < -0.3 is 15.7 Å². The average Bonchev–Trinajstić information content (AvgIpc) is 3.12. The molecule has 0 radical (unpaired) electrons. The highest BCUT2D eigenvalue weighted by Gasteiger charge is 2.30. The van der Waals surface area contributed by atoms with Crippen molar-refractivity contribution >= 4 is 17.4 Å². The van der Waals surface area contributed by atoms with E-state index in [1.165, 1.54) is 12.1 Å². The maximum atomic E-state index is 12.6. The second kappa shape index (κ2) is 8.75. The number of aliphatic hydroxyl groups excluding tert-OH is 1. The van der Waals surface area contributed by atoms with Gasteiger partial charge in [-0.3, -0.25) is 0 Å². The molecule has 148 valence electrons. The maximum absolute atomic E-state index is 12.6. The minimum Gasteiger partial charge on any atom is -0.396 e. The first-order valence-electron chi connectivity index (χ1n) is 8.48. The Labute approximate surface area is 160 Å². The summed E-state index contributed by atoms with van der Waals surface area (Å²) in [5.74, 6) is 0. The largest absolute Gasteiger partial charge is 0.416 e. The van der Waals surface area contributed by atoms with Gasteiger partial charge in [-0.05, 0) is 42.5 Å². The molecule has 0 aliphatic rings. The normalized spacial score (nSPS) is 15.0. The van der Waals surface area contributed by atoms with Gasteiger partial charge in [0.05, 0.1) is 18.2 Å². The monoisotopic (exact) mass is 400 g/mol. The van der Waals surface area contributed by atoms with Crippen LogP contribution in [0.25, 0.3) is 0 Å². The Balaban J connectivity index is 1.88. The predicted octanol–water partition coefficient (Wildman–Crippen LogP) is 4.37. The maximum Gasteiger partial charge on any atom is 0.416 e. The third kappa shape index (κ3) is 6.25. The molecule has 2 atom stereocenters. The molecule has 1 heterocycles. The molecule has 4 nitrogen and oxygen atoms in total. The second-order valence-electron chi connectivity index (χ2n) is 6.89. The number of carbonyl (C=O) groups is 1. The SMILES string of the molecule is C[C@@H](NC(=O)NCC(C)(CO)Cc1cccs1)c1ccc(C(F)(F)F)cc1. The van der Waals surface area contributed by atoms with E-state index in [9.17, 15) is 23.1 Å². The number of hydrogen-bond donors (Lipinski definition) is 3. The van der Waals surface area contributed by atoms with Crippen molar-refractivity contribution in [2.24, 2.45) is 5.41 Å². The standard InChI is InChI=1S/C19H23F3N2O2S/c1-13(14-5-7-15(8-6-14)19(20,21)22)24-17(26)23-11-18(2,12-25)10-16-4-3-9-27-16/h3-9,13,25H,10-12H2,1-2H3,(H2,23,24,26)/t13-,18?/m1/s1. The van der Waals surface area contributed by atoms with Gasteiger partial charge in [-0.15, -0.1) is 11.3 Å². The van der Waals surface area contributed by atoms with Crippen molar-refractivity contribution in [1.29, 1.82) is 0 Å². The highest BCUT2D eigenvalue weighted by molar-refractivity contribution is 7.09. The zero-order chi connectivity index (χ0) is 20.1. The Hall–Kier alpha value is -2.06. The van der Waals surface area contributed by atoms with Crippen molar-refractivity contribution in [1.82, 2.24) is 10.6 Å². The zero-order valence-corrected chi connectivity index (χ0v) is 16.0. The molecule has 0 aliphatic carbocycles. The number of urea groups is 1. The van der Waals surface area contributed by atoms with Gasteiger partial charge >= 0.3 is 12.2 Å². The van der Waals surface area contributed by atoms with Crippen LogP contribution in [0, 0.1) is 5.41 Å². The number of carbonyl (C=O) groups excluding carboxylic acids is 1. The summed E-state index contributed by atoms with van der Waals surface area (Å²) in [6.07, 6.45) is -3.75. The molecule has 1 unspecified atom stereocenters. The first kappa shape index (κ1) is 21.2. The lowest BCUT2D eigenvalue weighted by Crippen LogP contribution is -2.44. The van der Waals surface area contributed by atoms with Gasteiger partial charge in [0.15, 0.2) is 0 Å². The summed E-state index contributed by atoms with van der Waals surface area (Å²) >= 11 is 1.59. The fourth-order valence-corrected chi connectivity index (χ4v) is 3.51. The summed E-state index contributed by atoms with van der Waals surface area (Å²) in [6.45, 7) is 3.76. The molecule has 2 rings (SSSR count). The summed E-state index contributed by atoms with van der Waals surface area (Å²) in [5.41, 5.74) is -0.656. The molecule has 1 aromatic heterocycles. The van der Waals surface area contributed by atoms with Crippen LogP contribution in [-0.2, 0) is 12.6 Å². The molecular formula is C19H23F3N2O2S. The van der Waals surface area contributed by atoms with Crippen LogP contribution in [0.15, 0.2) is 41.8 Å². The van der Waals surface area contributed by atoms with Crippen LogP contribution >= 0.6 is 11.3 Å². The number of alkyl halides is 3. The van der Waals surface area contributed by atoms with E-state index < -0.39 is 29.2 Å². The minimum absolute atomic E-state index is 0.0837. The van der Waals surface area contributed by atoms with E-state index in [1.807, 2.05) is 24.4 Å². The summed E-state index contributed by atoms with van der Waals surface area (Å²) in [5, 5.41) is 17.1. The molecule has 0 saturated carbocycles. The van der Waals surface area contributed by atoms with E-state index >= 15 is 0 Å². The molecule has 0 spiro atoms. The van der Waals surface area contributed by atoms with Gasteiger partial charge in [0.1, 0.15) is 0 Å². The van der Waals surface area contributed by atoms with Gasteiger partial charge in [0, 0.05) is 16.8 Å². The van der Waals surface area contributed by atoms with E-state index in [2.05, 4.69) is 10.6 Å². The van der Waals surface area contributed by atoms with Gasteiger partial charge in [-0.2, -0.15) is 13.2 Å². The number of amides is 2. The van der Waals surface area contributed by atoms with E-state index in [4.69, 9.17) is 0 Å². The first-order valence-corrected chi connectivity index (χ1v) is 9.36. The molecule has 0 bridgehead atoms. The number of thiophene rings is 1. The molecular weight excluding hydrogens is 377 g/mol. The Morgan fingerprint density at radius 3 is 2.41 bits per heavy atom. The summed E-state index contributed by atoms with van der Waals surface area (Å²) in [4.78, 5) is 13.3. The molecule has 1 aromatic carbocycles. The van der Waals surface area contributed by atoms with Crippen molar-refractivity contribution in [3.8, 4) is 0 Å². The number of aliphatic hydroxyl groups is 1. The molecule has 2 amide bonds. The van der Waals surface area contributed by atoms with Gasteiger partial charge in [0.2, 0.25) is 0 Å². The summed E-state index contributed by atoms with van der Waals surface area (Å²) in [6, 6.07) is 7.71. The quantitative estimate of drug-likeness (QED) is 0.646. The molecule has 2 aromatic rings. The van der Waals surface area contributed by atoms with Crippen LogP contribution in [0.4, 0.5) is 18.0 Å². The third-order valence-electron chi connectivity index (χ3n) is 4.32. The van der Waals surface area contributed by atoms with Crippen molar-refractivity contribution in [2.75, 3.05) is 13.2 Å². The fraction of sp³-hybridized carbons (Fsp3) is 0.421. The smallest absolute Gasteiger partial charge is 0.396 e. The third-order valence-corrected chi connectivity index (χ3v) is 5.20. The topological polar surface area (TPSA) is 61.4 Å². The highest BCUT2D eigenvalue weighted by atomic mass is 32.1. The van der Waals surface area contributed by atoms with E-state index in [1.54, 1.807) is 18.3 Å². The lowest BCUT2D eigenvalue weighted by Gasteiger charge is -2.27. The Kier molecular flexibility index (Phi) is 6.89. The lowest BCUT2D eigenvalue weighted by molar-refractivity contribution is -0.137. The van der Waals surface area contributed by atoms with Crippen molar-refractivity contribution in [3.05, 3.63) is 57.8 Å². The first-order chi connectivity index (χ1) is 12.6. The molecule has 0 aliphatic heterocycles. The molecule has 3 N–H and O–H groups in total. The predicted molar refractivity (Wildman–Crippen MR) is 99.6 cm³/mol. The number of benzene rings is 1. The molecule has 0 fully saturated rings. The Morgan fingerprint density at radius 2 is 1.89 bits per heavy atom.